The van der Waals surface area contributed by atoms with E-state index >= 15 is 0 Å². The summed E-state index contributed by atoms with van der Waals surface area (Å²) in [5.74, 6) is -4.07. The van der Waals surface area contributed by atoms with Crippen molar-refractivity contribution in [3.8, 4) is 5.75 Å². The first-order valence-electron chi connectivity index (χ1n) is 11.6. The Labute approximate surface area is 211 Å². The Balaban J connectivity index is 1.66. The van der Waals surface area contributed by atoms with Crippen molar-refractivity contribution < 1.29 is 37.4 Å². The normalized spacial score (nSPS) is 18.8. The molecule has 0 spiro atoms. The lowest BCUT2D eigenvalue weighted by Gasteiger charge is -2.34. The van der Waals surface area contributed by atoms with E-state index < -0.39 is 59.0 Å². The summed E-state index contributed by atoms with van der Waals surface area (Å²) < 4.78 is 44.8. The predicted molar refractivity (Wildman–Crippen MR) is 125 cm³/mol. The third-order valence-corrected chi connectivity index (χ3v) is 6.05. The Morgan fingerprint density at radius 3 is 2.62 bits per heavy atom. The van der Waals surface area contributed by atoms with E-state index in [1.165, 1.54) is 21.7 Å². The number of carbonyl (C=O) groups is 3. The summed E-state index contributed by atoms with van der Waals surface area (Å²) in [6, 6.07) is 2.65. The van der Waals surface area contributed by atoms with Gasteiger partial charge in [-0.1, -0.05) is 6.07 Å². The highest BCUT2D eigenvalue weighted by Gasteiger charge is 2.43. The van der Waals surface area contributed by atoms with Crippen molar-refractivity contribution in [1.82, 2.24) is 14.8 Å². The molecule has 12 heteroatoms. The minimum absolute atomic E-state index is 0.0116. The van der Waals surface area contributed by atoms with Crippen LogP contribution in [0.3, 0.4) is 0 Å². The average molecular weight is 520 g/mol. The maximum Gasteiger partial charge on any atom is 0.314 e. The van der Waals surface area contributed by atoms with Gasteiger partial charge < -0.3 is 29.0 Å². The minimum atomic E-state index is -0.908. The Morgan fingerprint density at radius 2 is 1.95 bits per heavy atom. The second kappa shape index (κ2) is 9.92. The molecule has 198 valence electrons. The molecule has 0 unspecified atom stereocenters. The van der Waals surface area contributed by atoms with Crippen LogP contribution in [0.4, 0.5) is 8.78 Å². The van der Waals surface area contributed by atoms with Crippen molar-refractivity contribution in [3.63, 3.8) is 0 Å². The van der Waals surface area contributed by atoms with E-state index in [0.717, 1.165) is 6.07 Å². The van der Waals surface area contributed by atoms with Crippen molar-refractivity contribution in [2.24, 2.45) is 5.41 Å². The van der Waals surface area contributed by atoms with Gasteiger partial charge in [-0.3, -0.25) is 19.2 Å². The number of benzene rings is 1. The minimum Gasteiger partial charge on any atom is -0.451 e. The molecule has 0 saturated carbocycles. The average Bonchev–Trinajstić information content (AvgIpc) is 3.19. The van der Waals surface area contributed by atoms with Gasteiger partial charge in [0, 0.05) is 24.4 Å². The van der Waals surface area contributed by atoms with Crippen molar-refractivity contribution in [1.29, 1.82) is 0 Å². The van der Waals surface area contributed by atoms with Crippen LogP contribution in [0, 0.1) is 17.0 Å². The molecule has 0 radical (unpaired) electrons. The second-order valence-corrected chi connectivity index (χ2v) is 9.91. The van der Waals surface area contributed by atoms with Crippen LogP contribution >= 0.6 is 0 Å². The molecule has 2 atom stereocenters. The molecule has 1 N–H and O–H groups in total. The standard InChI is InChI=1S/C25H27F2N3O7/c1-13-11-35-18-10-29-9-16(22(32)28-8-14-5-6-15(26)7-17(14)27)20(31)21(19(29)23(33)30(13)18)36-12-37-24(34)25(2,3)4/h5-7,9,13,18H,8,10-12H2,1-4H3,(H,28,32)/t13-,18+/m0/s1. The van der Waals surface area contributed by atoms with Crippen LogP contribution in [0.25, 0.3) is 0 Å². The maximum atomic E-state index is 14.0. The molecule has 1 saturated heterocycles. The van der Waals surface area contributed by atoms with Crippen molar-refractivity contribution in [3.05, 3.63) is 63.1 Å². The molecular formula is C25H27F2N3O7. The van der Waals surface area contributed by atoms with Gasteiger partial charge in [0.05, 0.1) is 24.6 Å². The van der Waals surface area contributed by atoms with Gasteiger partial charge in [0.25, 0.3) is 11.8 Å². The molecule has 0 bridgehead atoms. The summed E-state index contributed by atoms with van der Waals surface area (Å²) in [7, 11) is 0. The summed E-state index contributed by atoms with van der Waals surface area (Å²) in [6.07, 6.45) is 0.609. The van der Waals surface area contributed by atoms with Gasteiger partial charge in [0.15, 0.2) is 11.9 Å². The largest absolute Gasteiger partial charge is 0.451 e. The van der Waals surface area contributed by atoms with E-state index in [2.05, 4.69) is 5.32 Å². The summed E-state index contributed by atoms with van der Waals surface area (Å²) in [5, 5.41) is 2.43. The zero-order valence-electron chi connectivity index (χ0n) is 20.8. The van der Waals surface area contributed by atoms with Crippen LogP contribution in [0.2, 0.25) is 0 Å². The van der Waals surface area contributed by atoms with Crippen LogP contribution in [-0.4, -0.2) is 52.9 Å². The SMILES string of the molecule is C[C@H]1CO[C@@H]2Cn3cc(C(=O)NCc4ccc(F)cc4F)c(=O)c(OCOC(=O)C(C)(C)C)c3C(=O)N12. The summed E-state index contributed by atoms with van der Waals surface area (Å²) in [4.78, 5) is 53.2. The number of halogens is 2. The molecule has 1 aromatic heterocycles. The Hall–Kier alpha value is -3.80. The second-order valence-electron chi connectivity index (χ2n) is 9.91. The van der Waals surface area contributed by atoms with Gasteiger partial charge >= 0.3 is 5.97 Å². The lowest BCUT2D eigenvalue weighted by atomic mass is 9.98. The molecule has 4 rings (SSSR count). The lowest BCUT2D eigenvalue weighted by Crippen LogP contribution is -2.49. The molecule has 2 aliphatic heterocycles. The van der Waals surface area contributed by atoms with Gasteiger partial charge in [-0.2, -0.15) is 0 Å². The fourth-order valence-corrected chi connectivity index (χ4v) is 4.05. The van der Waals surface area contributed by atoms with Gasteiger partial charge in [-0.15, -0.1) is 0 Å². The smallest absolute Gasteiger partial charge is 0.314 e. The number of esters is 1. The molecule has 10 nitrogen and oxygen atoms in total. The molecule has 2 aromatic rings. The molecule has 1 fully saturated rings. The van der Waals surface area contributed by atoms with Gasteiger partial charge in [0.2, 0.25) is 18.0 Å². The molecule has 3 heterocycles. The Bertz CT molecular complexity index is 1320. The fraction of sp³-hybridized carbons (Fsp3) is 0.440. The van der Waals surface area contributed by atoms with Gasteiger partial charge in [0.1, 0.15) is 17.2 Å². The first-order chi connectivity index (χ1) is 17.4. The number of ether oxygens (including phenoxy) is 3. The van der Waals surface area contributed by atoms with E-state index in [0.29, 0.717) is 12.7 Å². The third kappa shape index (κ3) is 5.19. The Morgan fingerprint density at radius 1 is 1.22 bits per heavy atom. The van der Waals surface area contributed by atoms with Crippen LogP contribution in [0.1, 0.15) is 54.1 Å². The topological polar surface area (TPSA) is 116 Å². The summed E-state index contributed by atoms with van der Waals surface area (Å²) >= 11 is 0. The highest BCUT2D eigenvalue weighted by Crippen LogP contribution is 2.30. The molecule has 2 amide bonds. The van der Waals surface area contributed by atoms with Crippen molar-refractivity contribution in [2.45, 2.75) is 53.1 Å². The maximum absolute atomic E-state index is 14.0. The molecule has 1 aromatic carbocycles. The highest BCUT2D eigenvalue weighted by molar-refractivity contribution is 5.99. The quantitative estimate of drug-likeness (QED) is 0.459. The Kier molecular flexibility index (Phi) is 7.05. The fourth-order valence-electron chi connectivity index (χ4n) is 4.05. The number of carbonyl (C=O) groups excluding carboxylic acids is 3. The number of aromatic nitrogens is 1. The molecule has 2 aliphatic rings. The first-order valence-corrected chi connectivity index (χ1v) is 11.6. The molecule has 0 aliphatic carbocycles. The highest BCUT2D eigenvalue weighted by atomic mass is 19.1. The van der Waals surface area contributed by atoms with Crippen LogP contribution in [0.15, 0.2) is 29.2 Å². The number of nitrogens with zero attached hydrogens (tertiary/aromatic N) is 2. The van der Waals surface area contributed by atoms with E-state index in [4.69, 9.17) is 14.2 Å². The third-order valence-electron chi connectivity index (χ3n) is 6.05. The number of rotatable bonds is 6. The number of nitrogens with one attached hydrogen (secondary N) is 1. The van der Waals surface area contributed by atoms with Crippen LogP contribution in [-0.2, 0) is 27.4 Å². The zero-order chi connectivity index (χ0) is 27.1. The van der Waals surface area contributed by atoms with Crippen molar-refractivity contribution >= 4 is 17.8 Å². The van der Waals surface area contributed by atoms with E-state index in [9.17, 15) is 28.0 Å². The zero-order valence-corrected chi connectivity index (χ0v) is 20.8. The van der Waals surface area contributed by atoms with E-state index in [1.807, 2.05) is 0 Å². The monoisotopic (exact) mass is 519 g/mol. The number of fused-ring (bicyclic) bond motifs is 2. The number of amides is 2. The van der Waals surface area contributed by atoms with Crippen LogP contribution in [0.5, 0.6) is 5.75 Å². The van der Waals surface area contributed by atoms with E-state index in [-0.39, 0.29) is 36.0 Å². The van der Waals surface area contributed by atoms with E-state index in [1.54, 1.807) is 27.7 Å². The first kappa shape index (κ1) is 26.3. The predicted octanol–water partition coefficient (Wildman–Crippen LogP) is 2.18. The number of hydrogen-bond donors (Lipinski definition) is 1. The number of hydrogen-bond acceptors (Lipinski definition) is 7. The lowest BCUT2D eigenvalue weighted by molar-refractivity contribution is -0.159. The summed E-state index contributed by atoms with van der Waals surface area (Å²) in [5.41, 5.74) is -2.21. The van der Waals surface area contributed by atoms with Crippen LogP contribution < -0.4 is 15.5 Å². The van der Waals surface area contributed by atoms with Gasteiger partial charge in [-0.05, 0) is 33.8 Å². The molecule has 37 heavy (non-hydrogen) atoms. The molecular weight excluding hydrogens is 492 g/mol. The number of pyridine rings is 1. The summed E-state index contributed by atoms with van der Waals surface area (Å²) in [6.45, 7) is 6.16. The van der Waals surface area contributed by atoms with Crippen molar-refractivity contribution in [2.75, 3.05) is 13.4 Å². The van der Waals surface area contributed by atoms with Gasteiger partial charge in [-0.25, -0.2) is 8.78 Å².